The van der Waals surface area contributed by atoms with E-state index in [1.54, 1.807) is 0 Å². The van der Waals surface area contributed by atoms with Gasteiger partial charge in [0.15, 0.2) is 0 Å². The SMILES string of the molecule is CCCCN(C)c1c(N(CC)CC)c(=O)c1=S. The van der Waals surface area contributed by atoms with Crippen LogP contribution >= 0.6 is 12.2 Å². The van der Waals surface area contributed by atoms with Gasteiger partial charge in [0.05, 0.1) is 5.69 Å². The van der Waals surface area contributed by atoms with Gasteiger partial charge in [-0.3, -0.25) is 4.79 Å². The van der Waals surface area contributed by atoms with E-state index >= 15 is 0 Å². The maximum absolute atomic E-state index is 11.8. The molecular formula is C13H22N2OS. The normalized spacial score (nSPS) is 10.8. The van der Waals surface area contributed by atoms with Crippen LogP contribution in [0.25, 0.3) is 0 Å². The average Bonchev–Trinajstić information content (AvgIpc) is 2.35. The number of unbranched alkanes of at least 4 members (excludes halogenated alkanes) is 1. The lowest BCUT2D eigenvalue weighted by atomic mass is 10.1. The van der Waals surface area contributed by atoms with E-state index in [1.807, 2.05) is 7.05 Å². The number of nitrogens with zero attached hydrogens (tertiary/aromatic N) is 2. The molecule has 0 aliphatic rings. The molecule has 0 atom stereocenters. The predicted molar refractivity (Wildman–Crippen MR) is 77.7 cm³/mol. The van der Waals surface area contributed by atoms with Gasteiger partial charge in [-0.25, -0.2) is 0 Å². The van der Waals surface area contributed by atoms with Crippen molar-refractivity contribution < 1.29 is 0 Å². The topological polar surface area (TPSA) is 23.6 Å². The van der Waals surface area contributed by atoms with Crippen molar-refractivity contribution >= 4 is 23.6 Å². The van der Waals surface area contributed by atoms with E-state index in [1.165, 1.54) is 0 Å². The van der Waals surface area contributed by atoms with Gasteiger partial charge in [0.25, 0.3) is 0 Å². The van der Waals surface area contributed by atoms with Crippen LogP contribution in [0.5, 0.6) is 0 Å². The summed E-state index contributed by atoms with van der Waals surface area (Å²) in [6.45, 7) is 8.96. The van der Waals surface area contributed by atoms with Crippen molar-refractivity contribution in [3.05, 3.63) is 14.7 Å². The lowest BCUT2D eigenvalue weighted by Gasteiger charge is -2.30. The molecule has 1 rings (SSSR count). The molecule has 1 aromatic rings. The number of rotatable bonds is 7. The fourth-order valence-corrected chi connectivity index (χ4v) is 2.41. The van der Waals surface area contributed by atoms with E-state index in [4.69, 9.17) is 12.2 Å². The Labute approximate surface area is 109 Å². The van der Waals surface area contributed by atoms with Crippen molar-refractivity contribution in [2.24, 2.45) is 0 Å². The second-order valence-electron chi connectivity index (χ2n) is 4.30. The molecule has 0 spiro atoms. The molecule has 3 nitrogen and oxygen atoms in total. The highest BCUT2D eigenvalue weighted by molar-refractivity contribution is 7.71. The Bertz CT molecular complexity index is 431. The molecule has 4 heteroatoms. The van der Waals surface area contributed by atoms with Gasteiger partial charge in [0.2, 0.25) is 5.43 Å². The van der Waals surface area contributed by atoms with Gasteiger partial charge in [-0.2, -0.15) is 0 Å². The first-order valence-electron chi connectivity index (χ1n) is 6.37. The first-order valence-corrected chi connectivity index (χ1v) is 6.78. The number of hydrogen-bond donors (Lipinski definition) is 0. The summed E-state index contributed by atoms with van der Waals surface area (Å²) in [6.07, 6.45) is 2.28. The Morgan fingerprint density at radius 1 is 1.12 bits per heavy atom. The van der Waals surface area contributed by atoms with Gasteiger partial charge in [-0.05, 0) is 20.3 Å². The minimum atomic E-state index is 0.0436. The molecule has 0 saturated heterocycles. The molecular weight excluding hydrogens is 232 g/mol. The van der Waals surface area contributed by atoms with Crippen molar-refractivity contribution in [2.45, 2.75) is 33.6 Å². The molecule has 0 radical (unpaired) electrons. The fraction of sp³-hybridized carbons (Fsp3) is 0.692. The third-order valence-corrected chi connectivity index (χ3v) is 3.55. The molecule has 0 unspecified atom stereocenters. The second-order valence-corrected chi connectivity index (χ2v) is 4.71. The van der Waals surface area contributed by atoms with Crippen molar-refractivity contribution in [1.82, 2.24) is 0 Å². The van der Waals surface area contributed by atoms with Crippen LogP contribution < -0.4 is 15.2 Å². The van der Waals surface area contributed by atoms with E-state index in [0.29, 0.717) is 4.51 Å². The molecule has 0 saturated carbocycles. The minimum Gasteiger partial charge on any atom is -0.372 e. The van der Waals surface area contributed by atoms with Gasteiger partial charge < -0.3 is 9.80 Å². The van der Waals surface area contributed by atoms with Crippen molar-refractivity contribution in [1.29, 1.82) is 0 Å². The van der Waals surface area contributed by atoms with Gasteiger partial charge in [0, 0.05) is 26.7 Å². The maximum atomic E-state index is 11.8. The quantitative estimate of drug-likeness (QED) is 0.698. The summed E-state index contributed by atoms with van der Waals surface area (Å²) in [5.74, 6) is 0. The van der Waals surface area contributed by atoms with Crippen LogP contribution in [0.2, 0.25) is 0 Å². The fourth-order valence-electron chi connectivity index (χ4n) is 2.06. The maximum Gasteiger partial charge on any atom is 0.224 e. The molecule has 0 aliphatic carbocycles. The third-order valence-electron chi connectivity index (χ3n) is 3.17. The van der Waals surface area contributed by atoms with Crippen LogP contribution in [0.15, 0.2) is 4.79 Å². The summed E-state index contributed by atoms with van der Waals surface area (Å²) < 4.78 is 0.505. The van der Waals surface area contributed by atoms with Crippen molar-refractivity contribution in [2.75, 3.05) is 36.5 Å². The van der Waals surface area contributed by atoms with E-state index in [2.05, 4.69) is 30.6 Å². The van der Waals surface area contributed by atoms with Gasteiger partial charge in [-0.1, -0.05) is 25.6 Å². The largest absolute Gasteiger partial charge is 0.372 e. The monoisotopic (exact) mass is 254 g/mol. The van der Waals surface area contributed by atoms with Crippen LogP contribution in [0.3, 0.4) is 0 Å². The first-order chi connectivity index (χ1) is 8.08. The van der Waals surface area contributed by atoms with E-state index in [9.17, 15) is 4.79 Å². The van der Waals surface area contributed by atoms with Crippen LogP contribution in [-0.4, -0.2) is 26.7 Å². The smallest absolute Gasteiger partial charge is 0.224 e. The second kappa shape index (κ2) is 6.15. The Kier molecular flexibility index (Phi) is 5.12. The average molecular weight is 254 g/mol. The molecule has 0 N–H and O–H groups in total. The van der Waals surface area contributed by atoms with Crippen LogP contribution in [0.1, 0.15) is 33.6 Å². The van der Waals surface area contributed by atoms with Crippen molar-refractivity contribution in [3.63, 3.8) is 0 Å². The molecule has 0 fully saturated rings. The van der Waals surface area contributed by atoms with Gasteiger partial charge >= 0.3 is 0 Å². The van der Waals surface area contributed by atoms with Gasteiger partial charge in [-0.15, -0.1) is 0 Å². The van der Waals surface area contributed by atoms with Crippen LogP contribution in [-0.2, 0) is 0 Å². The highest BCUT2D eigenvalue weighted by atomic mass is 32.1. The summed E-state index contributed by atoms with van der Waals surface area (Å²) in [7, 11) is 2.02. The summed E-state index contributed by atoms with van der Waals surface area (Å²) in [5, 5.41) is 0. The Hall–Kier alpha value is -0.900. The van der Waals surface area contributed by atoms with Gasteiger partial charge in [0.1, 0.15) is 10.2 Å². The summed E-state index contributed by atoms with van der Waals surface area (Å²) in [6, 6.07) is 0. The summed E-state index contributed by atoms with van der Waals surface area (Å²) in [4.78, 5) is 16.1. The lowest BCUT2D eigenvalue weighted by Crippen LogP contribution is -2.35. The zero-order valence-corrected chi connectivity index (χ0v) is 12.1. The first kappa shape index (κ1) is 14.2. The van der Waals surface area contributed by atoms with E-state index < -0.39 is 0 Å². The molecule has 96 valence electrons. The molecule has 0 bridgehead atoms. The molecule has 17 heavy (non-hydrogen) atoms. The van der Waals surface area contributed by atoms with Crippen LogP contribution in [0, 0.1) is 4.51 Å². The highest BCUT2D eigenvalue weighted by Crippen LogP contribution is 2.30. The Morgan fingerprint density at radius 2 is 1.71 bits per heavy atom. The zero-order valence-electron chi connectivity index (χ0n) is 11.2. The molecule has 0 heterocycles. The Morgan fingerprint density at radius 3 is 2.18 bits per heavy atom. The predicted octanol–water partition coefficient (Wildman–Crippen LogP) is 2.73. The molecule has 1 aromatic carbocycles. The molecule has 0 amide bonds. The van der Waals surface area contributed by atoms with E-state index in [-0.39, 0.29) is 5.43 Å². The van der Waals surface area contributed by atoms with Crippen molar-refractivity contribution in [3.8, 4) is 0 Å². The highest BCUT2D eigenvalue weighted by Gasteiger charge is 2.24. The minimum absolute atomic E-state index is 0.0436. The number of hydrogen-bond acceptors (Lipinski definition) is 4. The molecule has 0 aliphatic heterocycles. The van der Waals surface area contributed by atoms with Crippen LogP contribution in [0.4, 0.5) is 11.4 Å². The Balaban J connectivity index is 2.97. The standard InChI is InChI=1S/C13H22N2OS/c1-5-8-9-14(4)11-10(12(16)13(11)17)15(6-2)7-3/h5-9H2,1-4H3. The lowest BCUT2D eigenvalue weighted by molar-refractivity contribution is 0.758. The zero-order chi connectivity index (χ0) is 13.0. The summed E-state index contributed by atoms with van der Waals surface area (Å²) >= 11 is 5.17. The number of anilines is 2. The third kappa shape index (κ3) is 2.68. The van der Waals surface area contributed by atoms with E-state index in [0.717, 1.165) is 43.9 Å². The molecule has 0 aromatic heterocycles. The summed E-state index contributed by atoms with van der Waals surface area (Å²) in [5.41, 5.74) is 1.84.